The molecule has 0 bridgehead atoms. The number of pyridine rings is 1. The van der Waals surface area contributed by atoms with E-state index >= 15 is 0 Å². The van der Waals surface area contributed by atoms with E-state index in [1.165, 1.54) is 18.3 Å². The van der Waals surface area contributed by atoms with Crippen molar-refractivity contribution in [2.45, 2.75) is 13.0 Å². The zero-order chi connectivity index (χ0) is 19.2. The fraction of sp³-hybridized carbons (Fsp3) is 0.100. The minimum atomic E-state index is -0.518. The molecule has 0 saturated carbocycles. The summed E-state index contributed by atoms with van der Waals surface area (Å²) in [5.41, 5.74) is 1.36. The highest BCUT2D eigenvalue weighted by atomic mass is 35.5. The van der Waals surface area contributed by atoms with Gasteiger partial charge in [0.25, 0.3) is 0 Å². The van der Waals surface area contributed by atoms with Crippen LogP contribution in [0.3, 0.4) is 0 Å². The van der Waals surface area contributed by atoms with Gasteiger partial charge in [0.1, 0.15) is 5.75 Å². The zero-order valence-corrected chi connectivity index (χ0v) is 15.6. The van der Waals surface area contributed by atoms with E-state index in [1.54, 1.807) is 42.6 Å². The predicted molar refractivity (Wildman–Crippen MR) is 103 cm³/mol. The van der Waals surface area contributed by atoms with E-state index in [0.717, 1.165) is 5.56 Å². The van der Waals surface area contributed by atoms with Crippen molar-refractivity contribution >= 4 is 29.1 Å². The van der Waals surface area contributed by atoms with Crippen molar-refractivity contribution in [3.8, 4) is 11.5 Å². The van der Waals surface area contributed by atoms with Crippen molar-refractivity contribution in [1.29, 1.82) is 0 Å². The summed E-state index contributed by atoms with van der Waals surface area (Å²) in [6.45, 7) is 0.199. The van der Waals surface area contributed by atoms with Crippen LogP contribution in [0.4, 0.5) is 4.39 Å². The van der Waals surface area contributed by atoms with Crippen LogP contribution < -0.4 is 10.1 Å². The molecule has 0 aliphatic heterocycles. The number of hydrogen-bond acceptors (Lipinski definition) is 3. The summed E-state index contributed by atoms with van der Waals surface area (Å²) in [5, 5.41) is 3.58. The number of carbonyl (C=O) groups excluding carboxylic acids is 1. The fourth-order valence-corrected chi connectivity index (χ4v) is 2.69. The van der Waals surface area contributed by atoms with E-state index < -0.39 is 5.82 Å². The monoisotopic (exact) mass is 404 g/mol. The van der Waals surface area contributed by atoms with Crippen LogP contribution in [0, 0.1) is 5.82 Å². The molecule has 1 amide bonds. The van der Waals surface area contributed by atoms with E-state index in [1.807, 2.05) is 0 Å². The lowest BCUT2D eigenvalue weighted by molar-refractivity contribution is -0.120. The van der Waals surface area contributed by atoms with Crippen LogP contribution in [0.25, 0.3) is 0 Å². The summed E-state index contributed by atoms with van der Waals surface area (Å²) in [4.78, 5) is 16.0. The number of ether oxygens (including phenoxy) is 1. The molecule has 4 nitrogen and oxygen atoms in total. The Labute approximate surface area is 165 Å². The quantitative estimate of drug-likeness (QED) is 0.615. The largest absolute Gasteiger partial charge is 0.453 e. The summed E-state index contributed by atoms with van der Waals surface area (Å²) >= 11 is 11.8. The van der Waals surface area contributed by atoms with Gasteiger partial charge in [0.2, 0.25) is 5.91 Å². The van der Waals surface area contributed by atoms with Gasteiger partial charge in [-0.2, -0.15) is 0 Å². The number of nitrogens with one attached hydrogen (secondary N) is 1. The van der Waals surface area contributed by atoms with Crippen molar-refractivity contribution in [3.63, 3.8) is 0 Å². The Morgan fingerprint density at radius 2 is 1.89 bits per heavy atom. The molecule has 1 aromatic heterocycles. The van der Waals surface area contributed by atoms with Crippen molar-refractivity contribution in [1.82, 2.24) is 10.3 Å². The minimum absolute atomic E-state index is 0.0916. The van der Waals surface area contributed by atoms with Gasteiger partial charge in [-0.1, -0.05) is 35.3 Å². The number of rotatable bonds is 6. The van der Waals surface area contributed by atoms with Gasteiger partial charge < -0.3 is 10.1 Å². The second kappa shape index (κ2) is 8.84. The van der Waals surface area contributed by atoms with E-state index in [-0.39, 0.29) is 24.6 Å². The van der Waals surface area contributed by atoms with Crippen LogP contribution in [-0.2, 0) is 17.8 Å². The standard InChI is InChI=1S/C20H15Cl2FN2O2/c21-16-5-3-13(8-17(16)22)10-20(26)25-11-14-4-6-19(18(23)9-14)27-15-2-1-7-24-12-15/h1-9,12H,10-11H2,(H,25,26). The Hall–Kier alpha value is -2.63. The van der Waals surface area contributed by atoms with Crippen LogP contribution in [-0.4, -0.2) is 10.9 Å². The molecule has 27 heavy (non-hydrogen) atoms. The third-order valence-corrected chi connectivity index (χ3v) is 4.44. The van der Waals surface area contributed by atoms with Gasteiger partial charge >= 0.3 is 0 Å². The van der Waals surface area contributed by atoms with Crippen LogP contribution in [0.5, 0.6) is 11.5 Å². The molecule has 0 unspecified atom stereocenters. The van der Waals surface area contributed by atoms with Gasteiger partial charge in [-0.15, -0.1) is 0 Å². The van der Waals surface area contributed by atoms with Gasteiger partial charge in [0.15, 0.2) is 11.6 Å². The summed E-state index contributed by atoms with van der Waals surface area (Å²) in [7, 11) is 0. The molecule has 2 aromatic carbocycles. The molecule has 0 fully saturated rings. The van der Waals surface area contributed by atoms with E-state index in [0.29, 0.717) is 21.4 Å². The van der Waals surface area contributed by atoms with Crippen LogP contribution in [0.2, 0.25) is 10.0 Å². The van der Waals surface area contributed by atoms with Crippen LogP contribution in [0.15, 0.2) is 60.9 Å². The zero-order valence-electron chi connectivity index (χ0n) is 14.1. The average molecular weight is 405 g/mol. The highest BCUT2D eigenvalue weighted by molar-refractivity contribution is 6.42. The molecule has 0 radical (unpaired) electrons. The third-order valence-electron chi connectivity index (χ3n) is 3.70. The number of amides is 1. The molecule has 1 heterocycles. The Bertz CT molecular complexity index is 952. The molecule has 1 N–H and O–H groups in total. The minimum Gasteiger partial charge on any atom is -0.453 e. The number of halogens is 3. The summed E-state index contributed by atoms with van der Waals surface area (Å²) in [5.74, 6) is -0.187. The Morgan fingerprint density at radius 3 is 2.59 bits per heavy atom. The number of carbonyl (C=O) groups is 1. The molecule has 138 valence electrons. The molecule has 0 spiro atoms. The third kappa shape index (κ3) is 5.42. The molecular formula is C20H15Cl2FN2O2. The molecule has 0 atom stereocenters. The van der Waals surface area contributed by atoms with Crippen molar-refractivity contribution in [2.75, 3.05) is 0 Å². The Kier molecular flexibility index (Phi) is 6.27. The fourth-order valence-electron chi connectivity index (χ4n) is 2.37. The summed E-state index contributed by atoms with van der Waals surface area (Å²) < 4.78 is 19.6. The molecule has 0 aliphatic rings. The number of nitrogens with zero attached hydrogens (tertiary/aromatic N) is 1. The second-order valence-electron chi connectivity index (χ2n) is 5.76. The lowest BCUT2D eigenvalue weighted by Gasteiger charge is -2.09. The summed E-state index contributed by atoms with van der Waals surface area (Å²) in [6, 6.07) is 12.9. The summed E-state index contributed by atoms with van der Waals surface area (Å²) in [6.07, 6.45) is 3.26. The van der Waals surface area contributed by atoms with Gasteiger partial charge in [-0.3, -0.25) is 9.78 Å². The maximum Gasteiger partial charge on any atom is 0.224 e. The maximum atomic E-state index is 14.2. The first-order valence-corrected chi connectivity index (χ1v) is 8.84. The maximum absolute atomic E-state index is 14.2. The van der Waals surface area contributed by atoms with E-state index in [9.17, 15) is 9.18 Å². The van der Waals surface area contributed by atoms with E-state index in [2.05, 4.69) is 10.3 Å². The van der Waals surface area contributed by atoms with Crippen molar-refractivity contribution in [2.24, 2.45) is 0 Å². The molecular weight excluding hydrogens is 390 g/mol. The Balaban J connectivity index is 1.57. The lowest BCUT2D eigenvalue weighted by atomic mass is 10.1. The number of benzene rings is 2. The molecule has 3 aromatic rings. The van der Waals surface area contributed by atoms with Gasteiger partial charge in [-0.25, -0.2) is 4.39 Å². The Morgan fingerprint density at radius 1 is 1.07 bits per heavy atom. The lowest BCUT2D eigenvalue weighted by Crippen LogP contribution is -2.24. The second-order valence-corrected chi connectivity index (χ2v) is 6.57. The first kappa shape index (κ1) is 19.1. The molecule has 7 heteroatoms. The highest BCUT2D eigenvalue weighted by Crippen LogP contribution is 2.25. The SMILES string of the molecule is O=C(Cc1ccc(Cl)c(Cl)c1)NCc1ccc(Oc2cccnc2)c(F)c1. The van der Waals surface area contributed by atoms with Crippen LogP contribution >= 0.6 is 23.2 Å². The predicted octanol–water partition coefficient (Wildman–Crippen LogP) is 5.18. The first-order chi connectivity index (χ1) is 13.0. The molecule has 0 saturated heterocycles. The number of hydrogen-bond donors (Lipinski definition) is 1. The van der Waals surface area contributed by atoms with Gasteiger partial charge in [-0.05, 0) is 47.5 Å². The van der Waals surface area contributed by atoms with Crippen LogP contribution in [0.1, 0.15) is 11.1 Å². The number of aromatic nitrogens is 1. The van der Waals surface area contributed by atoms with E-state index in [4.69, 9.17) is 27.9 Å². The molecule has 3 rings (SSSR count). The van der Waals surface area contributed by atoms with Crippen molar-refractivity contribution in [3.05, 3.63) is 87.9 Å². The smallest absolute Gasteiger partial charge is 0.224 e. The normalized spacial score (nSPS) is 10.5. The molecule has 0 aliphatic carbocycles. The highest BCUT2D eigenvalue weighted by Gasteiger charge is 2.09. The van der Waals surface area contributed by atoms with Gasteiger partial charge in [0.05, 0.1) is 22.7 Å². The van der Waals surface area contributed by atoms with Gasteiger partial charge in [0, 0.05) is 12.7 Å². The first-order valence-electron chi connectivity index (χ1n) is 8.08. The average Bonchev–Trinajstić information content (AvgIpc) is 2.66. The topological polar surface area (TPSA) is 51.2 Å². The van der Waals surface area contributed by atoms with Crippen molar-refractivity contribution < 1.29 is 13.9 Å².